The Hall–Kier alpha value is -2.96. The Labute approximate surface area is 143 Å². The highest BCUT2D eigenvalue weighted by Gasteiger charge is 2.40. The first kappa shape index (κ1) is 15.6. The van der Waals surface area contributed by atoms with E-state index in [0.29, 0.717) is 29.2 Å². The minimum absolute atomic E-state index is 0.0170. The predicted molar refractivity (Wildman–Crippen MR) is 84.7 cm³/mol. The van der Waals surface area contributed by atoms with Gasteiger partial charge in [-0.05, 0) is 30.4 Å². The smallest absolute Gasteiger partial charge is 0.360 e. The van der Waals surface area contributed by atoms with Crippen molar-refractivity contribution in [1.82, 2.24) is 10.2 Å². The third-order valence-corrected chi connectivity index (χ3v) is 4.68. The van der Waals surface area contributed by atoms with Crippen LogP contribution in [0.5, 0.6) is 0 Å². The van der Waals surface area contributed by atoms with E-state index in [4.69, 9.17) is 9.36 Å². The molecule has 0 atom stereocenters. The van der Waals surface area contributed by atoms with E-state index in [9.17, 15) is 14.4 Å². The monoisotopic (exact) mass is 340 g/mol. The van der Waals surface area contributed by atoms with Crippen LogP contribution < -0.4 is 0 Å². The summed E-state index contributed by atoms with van der Waals surface area (Å²) in [5.74, 6) is -1.52. The highest BCUT2D eigenvalue weighted by atomic mass is 16.7. The highest BCUT2D eigenvalue weighted by molar-refractivity contribution is 6.21. The molecular formula is C18H16N2O5. The molecule has 0 N–H and O–H groups in total. The van der Waals surface area contributed by atoms with Crippen molar-refractivity contribution in [3.63, 3.8) is 0 Å². The number of fused-ring (bicyclic) bond motifs is 2. The molecule has 2 aliphatic rings. The summed E-state index contributed by atoms with van der Waals surface area (Å²) in [5, 5.41) is 4.29. The molecule has 2 aromatic rings. The molecule has 1 aromatic carbocycles. The van der Waals surface area contributed by atoms with E-state index < -0.39 is 17.8 Å². The van der Waals surface area contributed by atoms with E-state index >= 15 is 0 Å². The number of imide groups is 1. The van der Waals surface area contributed by atoms with Crippen LogP contribution in [0.2, 0.25) is 0 Å². The first-order chi connectivity index (χ1) is 11.9. The van der Waals surface area contributed by atoms with Gasteiger partial charge < -0.3 is 9.36 Å². The molecule has 1 aliphatic heterocycles. The summed E-state index contributed by atoms with van der Waals surface area (Å²) < 4.78 is 5.24. The normalized spacial score (nSPS) is 18.1. The fraction of sp³-hybridized carbons (Fsp3) is 0.333. The summed E-state index contributed by atoms with van der Waals surface area (Å²) in [6.45, 7) is 4.20. The lowest BCUT2D eigenvalue weighted by Gasteiger charge is -2.28. The molecule has 0 spiro atoms. The Morgan fingerprint density at radius 2 is 1.84 bits per heavy atom. The van der Waals surface area contributed by atoms with E-state index in [-0.39, 0.29) is 22.2 Å². The van der Waals surface area contributed by atoms with Crippen molar-refractivity contribution in [2.45, 2.75) is 33.1 Å². The summed E-state index contributed by atoms with van der Waals surface area (Å²) in [4.78, 5) is 42.1. The van der Waals surface area contributed by atoms with E-state index in [1.54, 1.807) is 12.1 Å². The number of hydrogen-bond donors (Lipinski definition) is 0. The van der Waals surface area contributed by atoms with Crippen molar-refractivity contribution in [2.24, 2.45) is 5.41 Å². The Bertz CT molecular complexity index is 877. The highest BCUT2D eigenvalue weighted by Crippen LogP contribution is 2.36. The van der Waals surface area contributed by atoms with Gasteiger partial charge in [0.1, 0.15) is 5.76 Å². The van der Waals surface area contributed by atoms with E-state index in [1.165, 1.54) is 12.1 Å². The second kappa shape index (κ2) is 5.27. The Kier molecular flexibility index (Phi) is 3.28. The van der Waals surface area contributed by atoms with Gasteiger partial charge in [0, 0.05) is 12.0 Å². The molecule has 1 aromatic heterocycles. The first-order valence-electron chi connectivity index (χ1n) is 8.05. The van der Waals surface area contributed by atoms with Gasteiger partial charge in [-0.25, -0.2) is 4.79 Å². The maximum atomic E-state index is 12.5. The number of hydrogen-bond acceptors (Lipinski definition) is 6. The van der Waals surface area contributed by atoms with E-state index in [1.807, 2.05) is 0 Å². The number of carbonyl (C=O) groups is 3. The van der Waals surface area contributed by atoms with Crippen LogP contribution in [0, 0.1) is 5.41 Å². The zero-order valence-corrected chi connectivity index (χ0v) is 13.9. The zero-order valence-electron chi connectivity index (χ0n) is 13.9. The lowest BCUT2D eigenvalue weighted by molar-refractivity contribution is -0.0591. The number of amides is 2. The van der Waals surface area contributed by atoms with Gasteiger partial charge >= 0.3 is 5.97 Å². The van der Waals surface area contributed by atoms with Gasteiger partial charge in [-0.1, -0.05) is 36.2 Å². The Morgan fingerprint density at radius 3 is 2.48 bits per heavy atom. The number of benzene rings is 1. The van der Waals surface area contributed by atoms with Crippen LogP contribution in [0.25, 0.3) is 0 Å². The van der Waals surface area contributed by atoms with Crippen LogP contribution >= 0.6 is 0 Å². The topological polar surface area (TPSA) is 89.7 Å². The standard InChI is InChI=1S/C18H16N2O5/c1-18(2)8-7-13-12(9-18)14(19-24-13)17(23)25-20-15(21)10-5-3-4-6-11(10)16(20)22/h3-6H,7-9H2,1-2H3. The molecule has 0 saturated carbocycles. The number of rotatable bonds is 2. The lowest BCUT2D eigenvalue weighted by Crippen LogP contribution is -2.33. The molecule has 0 unspecified atom stereocenters. The van der Waals surface area contributed by atoms with Gasteiger partial charge in [0.25, 0.3) is 11.8 Å². The van der Waals surface area contributed by atoms with Gasteiger partial charge in [0.15, 0.2) is 5.69 Å². The fourth-order valence-electron chi connectivity index (χ4n) is 3.28. The van der Waals surface area contributed by atoms with Gasteiger partial charge in [0.2, 0.25) is 0 Å². The van der Waals surface area contributed by atoms with Crippen LogP contribution in [-0.2, 0) is 17.7 Å². The third-order valence-electron chi connectivity index (χ3n) is 4.68. The molecule has 0 fully saturated rings. The average Bonchev–Trinajstić information content (AvgIpc) is 3.09. The second-order valence-electron chi connectivity index (χ2n) is 7.10. The number of nitrogens with zero attached hydrogens (tertiary/aromatic N) is 2. The molecule has 4 rings (SSSR count). The quantitative estimate of drug-likeness (QED) is 0.781. The van der Waals surface area contributed by atoms with Crippen LogP contribution in [0.1, 0.15) is 62.8 Å². The van der Waals surface area contributed by atoms with Crippen LogP contribution in [0.4, 0.5) is 0 Å². The summed E-state index contributed by atoms with van der Waals surface area (Å²) >= 11 is 0. The summed E-state index contributed by atoms with van der Waals surface area (Å²) in [5.41, 5.74) is 1.16. The van der Waals surface area contributed by atoms with Crippen molar-refractivity contribution in [1.29, 1.82) is 0 Å². The average molecular weight is 340 g/mol. The molecule has 7 nitrogen and oxygen atoms in total. The third kappa shape index (κ3) is 2.43. The summed E-state index contributed by atoms with van der Waals surface area (Å²) in [7, 11) is 0. The largest absolute Gasteiger partial charge is 0.385 e. The van der Waals surface area contributed by atoms with Crippen LogP contribution in [0.15, 0.2) is 28.8 Å². The van der Waals surface area contributed by atoms with Crippen molar-refractivity contribution in [3.05, 3.63) is 52.4 Å². The SMILES string of the molecule is CC1(C)CCc2onc(C(=O)ON3C(=O)c4ccccc4C3=O)c2C1. The molecule has 0 saturated heterocycles. The van der Waals surface area contributed by atoms with Gasteiger partial charge in [-0.2, -0.15) is 0 Å². The molecule has 25 heavy (non-hydrogen) atoms. The molecule has 128 valence electrons. The Morgan fingerprint density at radius 1 is 1.20 bits per heavy atom. The van der Waals surface area contributed by atoms with Crippen molar-refractivity contribution < 1.29 is 23.7 Å². The minimum Gasteiger partial charge on any atom is -0.360 e. The molecule has 2 amide bonds. The first-order valence-corrected chi connectivity index (χ1v) is 8.05. The number of hydroxylamine groups is 2. The maximum Gasteiger partial charge on any atom is 0.385 e. The molecule has 2 heterocycles. The summed E-state index contributed by atoms with van der Waals surface area (Å²) in [6, 6.07) is 6.32. The maximum absolute atomic E-state index is 12.5. The van der Waals surface area contributed by atoms with Crippen LogP contribution in [0.3, 0.4) is 0 Å². The number of aromatic nitrogens is 1. The molecule has 0 radical (unpaired) electrons. The lowest BCUT2D eigenvalue weighted by atomic mass is 9.76. The molecule has 0 bridgehead atoms. The number of aryl methyl sites for hydroxylation is 1. The Balaban J connectivity index is 1.60. The van der Waals surface area contributed by atoms with E-state index in [0.717, 1.165) is 6.42 Å². The van der Waals surface area contributed by atoms with Gasteiger partial charge in [-0.3, -0.25) is 9.59 Å². The van der Waals surface area contributed by atoms with Gasteiger partial charge in [0.05, 0.1) is 11.1 Å². The molecular weight excluding hydrogens is 324 g/mol. The zero-order chi connectivity index (χ0) is 17.8. The van der Waals surface area contributed by atoms with E-state index in [2.05, 4.69) is 19.0 Å². The van der Waals surface area contributed by atoms with Gasteiger partial charge in [-0.15, -0.1) is 0 Å². The number of carbonyl (C=O) groups excluding carboxylic acids is 3. The van der Waals surface area contributed by atoms with Crippen molar-refractivity contribution in [2.75, 3.05) is 0 Å². The summed E-state index contributed by atoms with van der Waals surface area (Å²) in [6.07, 6.45) is 2.25. The van der Waals surface area contributed by atoms with Crippen molar-refractivity contribution in [3.8, 4) is 0 Å². The fourth-order valence-corrected chi connectivity index (χ4v) is 3.28. The molecule has 1 aliphatic carbocycles. The second-order valence-corrected chi connectivity index (χ2v) is 7.10. The predicted octanol–water partition coefficient (Wildman–Crippen LogP) is 2.56. The minimum atomic E-state index is -0.864. The van der Waals surface area contributed by atoms with Crippen molar-refractivity contribution >= 4 is 17.8 Å². The molecule has 7 heteroatoms. The van der Waals surface area contributed by atoms with Crippen LogP contribution in [-0.4, -0.2) is 28.0 Å².